The van der Waals surface area contributed by atoms with E-state index >= 15 is 0 Å². The Kier molecular flexibility index (Phi) is 6.00. The summed E-state index contributed by atoms with van der Waals surface area (Å²) in [7, 11) is 0. The molecule has 100 valence electrons. The summed E-state index contributed by atoms with van der Waals surface area (Å²) in [5.41, 5.74) is 0.848. The number of aliphatic hydroxyl groups excluding tert-OH is 1. The van der Waals surface area contributed by atoms with Crippen molar-refractivity contribution in [1.29, 1.82) is 0 Å². The zero-order valence-electron chi connectivity index (χ0n) is 10.2. The SMILES string of the molecule is O=C(CCCCO)NCCc1ccc(O)c(O)c1. The number of nitrogens with one attached hydrogen (secondary N) is 1. The van der Waals surface area contributed by atoms with Crippen molar-refractivity contribution in [2.45, 2.75) is 25.7 Å². The summed E-state index contributed by atoms with van der Waals surface area (Å²) in [6, 6.07) is 4.61. The van der Waals surface area contributed by atoms with Gasteiger partial charge in [-0.2, -0.15) is 0 Å². The first-order valence-corrected chi connectivity index (χ1v) is 6.02. The van der Waals surface area contributed by atoms with Crippen molar-refractivity contribution in [2.75, 3.05) is 13.2 Å². The Balaban J connectivity index is 2.24. The standard InChI is InChI=1S/C13H19NO4/c15-8-2-1-3-13(18)14-7-6-10-4-5-11(16)12(17)9-10/h4-5,9,15-17H,1-3,6-8H2,(H,14,18). The summed E-state index contributed by atoms with van der Waals surface area (Å²) in [4.78, 5) is 11.3. The van der Waals surface area contributed by atoms with E-state index in [0.29, 0.717) is 32.2 Å². The number of rotatable bonds is 7. The second kappa shape index (κ2) is 7.55. The number of benzene rings is 1. The molecule has 0 saturated heterocycles. The second-order valence-corrected chi connectivity index (χ2v) is 4.10. The highest BCUT2D eigenvalue weighted by Crippen LogP contribution is 2.24. The van der Waals surface area contributed by atoms with Crippen LogP contribution in [0, 0.1) is 0 Å². The van der Waals surface area contributed by atoms with Crippen molar-refractivity contribution in [1.82, 2.24) is 5.32 Å². The topological polar surface area (TPSA) is 89.8 Å². The van der Waals surface area contributed by atoms with Gasteiger partial charge in [0, 0.05) is 19.6 Å². The Labute approximate surface area is 106 Å². The highest BCUT2D eigenvalue weighted by atomic mass is 16.3. The molecule has 0 atom stereocenters. The summed E-state index contributed by atoms with van der Waals surface area (Å²) in [5.74, 6) is -0.333. The molecule has 1 aromatic carbocycles. The fraction of sp³-hybridized carbons (Fsp3) is 0.462. The van der Waals surface area contributed by atoms with Crippen molar-refractivity contribution in [2.24, 2.45) is 0 Å². The smallest absolute Gasteiger partial charge is 0.220 e. The molecule has 1 aromatic rings. The van der Waals surface area contributed by atoms with Crippen LogP contribution in [0.2, 0.25) is 0 Å². The van der Waals surface area contributed by atoms with Crippen molar-refractivity contribution < 1.29 is 20.1 Å². The number of hydrogen-bond donors (Lipinski definition) is 4. The van der Waals surface area contributed by atoms with Crippen LogP contribution in [0.5, 0.6) is 11.5 Å². The molecule has 0 aliphatic heterocycles. The van der Waals surface area contributed by atoms with Crippen LogP contribution >= 0.6 is 0 Å². The Morgan fingerprint density at radius 2 is 1.94 bits per heavy atom. The molecule has 1 rings (SSSR count). The minimum atomic E-state index is -0.151. The third kappa shape index (κ3) is 5.05. The molecular formula is C13H19NO4. The molecule has 0 spiro atoms. The van der Waals surface area contributed by atoms with E-state index in [4.69, 9.17) is 10.2 Å². The molecule has 0 aromatic heterocycles. The first-order chi connectivity index (χ1) is 8.63. The molecule has 0 saturated carbocycles. The van der Waals surface area contributed by atoms with E-state index in [1.165, 1.54) is 12.1 Å². The van der Waals surface area contributed by atoms with Crippen molar-refractivity contribution in [3.8, 4) is 11.5 Å². The summed E-state index contributed by atoms with van der Waals surface area (Å²) in [5, 5.41) is 29.8. The Bertz CT molecular complexity index is 393. The molecule has 18 heavy (non-hydrogen) atoms. The fourth-order valence-electron chi connectivity index (χ4n) is 1.56. The van der Waals surface area contributed by atoms with Crippen LogP contribution in [0.4, 0.5) is 0 Å². The normalized spacial score (nSPS) is 10.3. The van der Waals surface area contributed by atoms with Crippen LogP contribution in [0.3, 0.4) is 0 Å². The van der Waals surface area contributed by atoms with Gasteiger partial charge in [0.25, 0.3) is 0 Å². The molecule has 0 fully saturated rings. The van der Waals surface area contributed by atoms with Crippen molar-refractivity contribution >= 4 is 5.91 Å². The van der Waals surface area contributed by atoms with Crippen LogP contribution in [0.15, 0.2) is 18.2 Å². The molecule has 1 amide bonds. The lowest BCUT2D eigenvalue weighted by atomic mass is 10.1. The van der Waals surface area contributed by atoms with E-state index in [9.17, 15) is 9.90 Å². The average molecular weight is 253 g/mol. The van der Waals surface area contributed by atoms with Gasteiger partial charge in [0.2, 0.25) is 5.91 Å². The zero-order valence-corrected chi connectivity index (χ0v) is 10.2. The first-order valence-electron chi connectivity index (χ1n) is 6.02. The van der Waals surface area contributed by atoms with Gasteiger partial charge in [-0.25, -0.2) is 0 Å². The Morgan fingerprint density at radius 1 is 1.17 bits per heavy atom. The maximum Gasteiger partial charge on any atom is 0.220 e. The van der Waals surface area contributed by atoms with Gasteiger partial charge < -0.3 is 20.6 Å². The lowest BCUT2D eigenvalue weighted by molar-refractivity contribution is -0.121. The van der Waals surface area contributed by atoms with E-state index in [-0.39, 0.29) is 24.0 Å². The van der Waals surface area contributed by atoms with Crippen molar-refractivity contribution in [3.05, 3.63) is 23.8 Å². The number of phenolic OH excluding ortho intramolecular Hbond substituents is 2. The summed E-state index contributed by atoms with van der Waals surface area (Å²) >= 11 is 0. The number of hydrogen-bond acceptors (Lipinski definition) is 4. The Morgan fingerprint density at radius 3 is 2.61 bits per heavy atom. The highest BCUT2D eigenvalue weighted by molar-refractivity contribution is 5.75. The van der Waals surface area contributed by atoms with Crippen LogP contribution in [0.25, 0.3) is 0 Å². The third-order valence-electron chi connectivity index (χ3n) is 2.59. The molecule has 0 unspecified atom stereocenters. The number of unbranched alkanes of at least 4 members (excludes halogenated alkanes) is 1. The first kappa shape index (κ1) is 14.3. The molecular weight excluding hydrogens is 234 g/mol. The molecule has 0 aliphatic carbocycles. The van der Waals surface area contributed by atoms with Gasteiger partial charge in [-0.3, -0.25) is 4.79 Å². The predicted octanol–water partition coefficient (Wildman–Crippen LogP) is 0.919. The minimum absolute atomic E-state index is 0.0357. The summed E-state index contributed by atoms with van der Waals surface area (Å²) in [6.07, 6.45) is 2.34. The van der Waals surface area contributed by atoms with Gasteiger partial charge in [-0.05, 0) is 37.0 Å². The average Bonchev–Trinajstić information content (AvgIpc) is 2.34. The predicted molar refractivity (Wildman–Crippen MR) is 67.4 cm³/mol. The van der Waals surface area contributed by atoms with E-state index in [2.05, 4.69) is 5.32 Å². The molecule has 0 aliphatic rings. The third-order valence-corrected chi connectivity index (χ3v) is 2.59. The van der Waals surface area contributed by atoms with Gasteiger partial charge in [0.15, 0.2) is 11.5 Å². The fourth-order valence-corrected chi connectivity index (χ4v) is 1.56. The molecule has 0 heterocycles. The number of carbonyl (C=O) groups is 1. The lowest BCUT2D eigenvalue weighted by Gasteiger charge is -2.06. The van der Waals surface area contributed by atoms with Crippen LogP contribution in [0.1, 0.15) is 24.8 Å². The Hall–Kier alpha value is -1.75. The molecule has 0 radical (unpaired) electrons. The molecule has 5 heteroatoms. The molecule has 5 nitrogen and oxygen atoms in total. The van der Waals surface area contributed by atoms with Gasteiger partial charge in [0.1, 0.15) is 0 Å². The van der Waals surface area contributed by atoms with Crippen molar-refractivity contribution in [3.63, 3.8) is 0 Å². The number of carbonyl (C=O) groups excluding carboxylic acids is 1. The lowest BCUT2D eigenvalue weighted by Crippen LogP contribution is -2.25. The quantitative estimate of drug-likeness (QED) is 0.429. The van der Waals surface area contributed by atoms with Gasteiger partial charge in [-0.15, -0.1) is 0 Å². The maximum absolute atomic E-state index is 11.3. The molecule has 4 N–H and O–H groups in total. The van der Waals surface area contributed by atoms with E-state index in [1.54, 1.807) is 6.07 Å². The largest absolute Gasteiger partial charge is 0.504 e. The number of phenols is 2. The second-order valence-electron chi connectivity index (χ2n) is 4.10. The minimum Gasteiger partial charge on any atom is -0.504 e. The maximum atomic E-state index is 11.3. The van der Waals surface area contributed by atoms with Crippen LogP contribution < -0.4 is 5.32 Å². The number of amides is 1. The van der Waals surface area contributed by atoms with Gasteiger partial charge in [0.05, 0.1) is 0 Å². The van der Waals surface area contributed by atoms with Crippen LogP contribution in [-0.4, -0.2) is 34.4 Å². The number of aromatic hydroxyl groups is 2. The zero-order chi connectivity index (χ0) is 13.4. The van der Waals surface area contributed by atoms with E-state index in [0.717, 1.165) is 5.56 Å². The summed E-state index contributed by atoms with van der Waals surface area (Å²) in [6.45, 7) is 0.599. The van der Waals surface area contributed by atoms with Gasteiger partial charge in [-0.1, -0.05) is 6.07 Å². The van der Waals surface area contributed by atoms with Crippen LogP contribution in [-0.2, 0) is 11.2 Å². The highest BCUT2D eigenvalue weighted by Gasteiger charge is 2.03. The van der Waals surface area contributed by atoms with E-state index in [1.807, 2.05) is 0 Å². The van der Waals surface area contributed by atoms with Gasteiger partial charge >= 0.3 is 0 Å². The molecule has 0 bridgehead atoms. The monoisotopic (exact) mass is 253 g/mol. The number of aliphatic hydroxyl groups is 1. The summed E-state index contributed by atoms with van der Waals surface area (Å²) < 4.78 is 0. The van der Waals surface area contributed by atoms with E-state index < -0.39 is 0 Å².